The number of hydrogen-bond donors (Lipinski definition) is 3. The summed E-state index contributed by atoms with van der Waals surface area (Å²) in [5.41, 5.74) is 5.37. The van der Waals surface area contributed by atoms with E-state index in [9.17, 15) is 0 Å². The maximum Gasteiger partial charge on any atom is 0.227 e. The predicted octanol–water partition coefficient (Wildman–Crippen LogP) is 5.97. The van der Waals surface area contributed by atoms with Crippen LogP contribution in [0.25, 0.3) is 16.7 Å². The zero-order valence-electron chi connectivity index (χ0n) is 22.0. The maximum atomic E-state index is 4.76. The summed E-state index contributed by atoms with van der Waals surface area (Å²) in [6.07, 6.45) is 15.2. The molecule has 0 saturated carbocycles. The van der Waals surface area contributed by atoms with Gasteiger partial charge in [-0.05, 0) is 55.9 Å². The molecule has 0 saturated heterocycles. The van der Waals surface area contributed by atoms with E-state index in [0.717, 1.165) is 42.9 Å². The number of nitrogens with one attached hydrogen (secondary N) is 3. The van der Waals surface area contributed by atoms with Crippen LogP contribution in [0.15, 0.2) is 61.0 Å². The van der Waals surface area contributed by atoms with Crippen LogP contribution in [0.5, 0.6) is 0 Å². The Hall–Kier alpha value is -3.45. The number of nitrogens with zero attached hydrogens (tertiary/aromatic N) is 4. The predicted molar refractivity (Wildman–Crippen MR) is 151 cm³/mol. The second kappa shape index (κ2) is 12.5. The zero-order chi connectivity index (χ0) is 25.3. The molecule has 1 atom stereocenters. The van der Waals surface area contributed by atoms with Crippen molar-refractivity contribution in [2.75, 3.05) is 30.3 Å². The average Bonchev–Trinajstić information content (AvgIpc) is 3.32. The van der Waals surface area contributed by atoms with Crippen molar-refractivity contribution in [3.8, 4) is 0 Å². The number of hydrogen-bond acceptors (Lipinski definition) is 6. The molecule has 4 rings (SSSR count). The summed E-state index contributed by atoms with van der Waals surface area (Å²) >= 11 is 0. The van der Waals surface area contributed by atoms with Crippen molar-refractivity contribution in [2.24, 2.45) is 5.92 Å². The highest BCUT2D eigenvalue weighted by molar-refractivity contribution is 5.84. The fourth-order valence-corrected chi connectivity index (χ4v) is 4.12. The standard InChI is InChI=1S/C29H39N7/c1-5-16-30-17-6-7-18-31-29-34-27(26-28(35-29)36(20-33-26)21(2)3)32-19-23-10-14-25(15-11-23)24-12-8-22(4)9-13-24/h6-8,10-15,20-22,30H,5,9,16-19H2,1-4H3,(H2,31,32,34,35)/b7-6+. The van der Waals surface area contributed by atoms with Gasteiger partial charge in [0.25, 0.3) is 0 Å². The van der Waals surface area contributed by atoms with Gasteiger partial charge in [0, 0.05) is 25.7 Å². The number of aromatic nitrogens is 4. The highest BCUT2D eigenvalue weighted by atomic mass is 15.2. The number of benzene rings is 1. The van der Waals surface area contributed by atoms with E-state index in [1.165, 1.54) is 16.7 Å². The summed E-state index contributed by atoms with van der Waals surface area (Å²) in [6, 6.07) is 9.00. The van der Waals surface area contributed by atoms with Crippen molar-refractivity contribution >= 4 is 28.5 Å². The first-order chi connectivity index (χ1) is 17.5. The second-order valence-corrected chi connectivity index (χ2v) is 9.65. The summed E-state index contributed by atoms with van der Waals surface area (Å²) in [7, 11) is 0. The first-order valence-electron chi connectivity index (χ1n) is 13.1. The maximum absolute atomic E-state index is 4.76. The summed E-state index contributed by atoms with van der Waals surface area (Å²) in [6.45, 7) is 11.9. The van der Waals surface area contributed by atoms with Gasteiger partial charge in [0.1, 0.15) is 0 Å². The fourth-order valence-electron chi connectivity index (χ4n) is 4.12. The third kappa shape index (κ3) is 6.61. The molecular formula is C29H39N7. The molecule has 0 spiro atoms. The van der Waals surface area contributed by atoms with E-state index >= 15 is 0 Å². The molecule has 7 heteroatoms. The summed E-state index contributed by atoms with van der Waals surface area (Å²) in [5.74, 6) is 1.96. The van der Waals surface area contributed by atoms with Crippen LogP contribution in [-0.4, -0.2) is 39.2 Å². The second-order valence-electron chi connectivity index (χ2n) is 9.65. The first kappa shape index (κ1) is 25.6. The molecule has 190 valence electrons. The van der Waals surface area contributed by atoms with E-state index < -0.39 is 0 Å². The lowest BCUT2D eigenvalue weighted by molar-refractivity contribution is 0.613. The molecule has 1 aliphatic carbocycles. The molecule has 0 fully saturated rings. The Kier molecular flexibility index (Phi) is 8.90. The summed E-state index contributed by atoms with van der Waals surface area (Å²) in [4.78, 5) is 14.1. The zero-order valence-corrected chi connectivity index (χ0v) is 22.0. The number of fused-ring (bicyclic) bond motifs is 1. The molecule has 3 N–H and O–H groups in total. The van der Waals surface area contributed by atoms with Gasteiger partial charge < -0.3 is 20.5 Å². The van der Waals surface area contributed by atoms with E-state index in [4.69, 9.17) is 9.97 Å². The number of allylic oxidation sites excluding steroid dienone is 4. The molecule has 1 aliphatic rings. The fraction of sp³-hybridized carbons (Fsp3) is 0.414. The smallest absolute Gasteiger partial charge is 0.227 e. The number of anilines is 2. The van der Waals surface area contributed by atoms with Crippen LogP contribution in [0.4, 0.5) is 11.8 Å². The van der Waals surface area contributed by atoms with Gasteiger partial charge in [-0.25, -0.2) is 4.98 Å². The van der Waals surface area contributed by atoms with Crippen LogP contribution in [0.2, 0.25) is 0 Å². The normalized spacial score (nSPS) is 15.7. The van der Waals surface area contributed by atoms with Crippen molar-refractivity contribution in [2.45, 2.75) is 53.1 Å². The third-order valence-electron chi connectivity index (χ3n) is 6.27. The lowest BCUT2D eigenvalue weighted by Gasteiger charge is -2.13. The largest absolute Gasteiger partial charge is 0.364 e. The molecule has 0 aliphatic heterocycles. The third-order valence-corrected chi connectivity index (χ3v) is 6.27. The molecule has 1 aromatic carbocycles. The SMILES string of the molecule is CCCNC/C=C/CNc1nc(NCc2ccc(C3=CCC(C)C=C3)cc2)c2ncn(C(C)C)c2n1. The van der Waals surface area contributed by atoms with Gasteiger partial charge >= 0.3 is 0 Å². The van der Waals surface area contributed by atoms with Gasteiger partial charge in [0.15, 0.2) is 17.0 Å². The molecule has 7 nitrogen and oxygen atoms in total. The van der Waals surface area contributed by atoms with E-state index in [1.54, 1.807) is 0 Å². The van der Waals surface area contributed by atoms with Crippen LogP contribution in [0, 0.1) is 5.92 Å². The van der Waals surface area contributed by atoms with Gasteiger partial charge in [-0.2, -0.15) is 9.97 Å². The Bertz CT molecular complexity index is 1220. The molecule has 0 amide bonds. The lowest BCUT2D eigenvalue weighted by atomic mass is 9.94. The quantitative estimate of drug-likeness (QED) is 0.217. The van der Waals surface area contributed by atoms with Crippen LogP contribution < -0.4 is 16.0 Å². The molecule has 3 aromatic rings. The number of rotatable bonds is 12. The lowest BCUT2D eigenvalue weighted by Crippen LogP contribution is -2.14. The molecule has 0 radical (unpaired) electrons. The molecular weight excluding hydrogens is 446 g/mol. The Balaban J connectivity index is 1.46. The summed E-state index contributed by atoms with van der Waals surface area (Å²) < 4.78 is 2.08. The van der Waals surface area contributed by atoms with Gasteiger partial charge in [-0.1, -0.05) is 68.5 Å². The van der Waals surface area contributed by atoms with Crippen LogP contribution in [0.3, 0.4) is 0 Å². The van der Waals surface area contributed by atoms with Crippen molar-refractivity contribution in [1.29, 1.82) is 0 Å². The Labute approximate surface area is 214 Å². The Morgan fingerprint density at radius 3 is 2.61 bits per heavy atom. The van der Waals surface area contributed by atoms with Crippen LogP contribution in [-0.2, 0) is 6.54 Å². The van der Waals surface area contributed by atoms with Crippen molar-refractivity contribution in [3.63, 3.8) is 0 Å². The molecule has 1 unspecified atom stereocenters. The van der Waals surface area contributed by atoms with E-state index in [1.807, 2.05) is 6.33 Å². The van der Waals surface area contributed by atoms with Crippen molar-refractivity contribution in [3.05, 3.63) is 72.1 Å². The first-order valence-corrected chi connectivity index (χ1v) is 13.1. The topological polar surface area (TPSA) is 79.7 Å². The minimum absolute atomic E-state index is 0.258. The van der Waals surface area contributed by atoms with Crippen molar-refractivity contribution < 1.29 is 0 Å². The van der Waals surface area contributed by atoms with Gasteiger partial charge in [-0.15, -0.1) is 0 Å². The number of imidazole rings is 1. The molecule has 2 aromatic heterocycles. The monoisotopic (exact) mass is 485 g/mol. The van der Waals surface area contributed by atoms with Gasteiger partial charge in [0.2, 0.25) is 5.95 Å². The average molecular weight is 486 g/mol. The van der Waals surface area contributed by atoms with Gasteiger partial charge in [-0.3, -0.25) is 0 Å². The Morgan fingerprint density at radius 1 is 1.08 bits per heavy atom. The van der Waals surface area contributed by atoms with E-state index in [2.05, 4.69) is 108 Å². The molecule has 36 heavy (non-hydrogen) atoms. The Morgan fingerprint density at radius 2 is 1.89 bits per heavy atom. The molecule has 2 heterocycles. The summed E-state index contributed by atoms with van der Waals surface area (Å²) in [5, 5.41) is 10.2. The van der Waals surface area contributed by atoms with Crippen LogP contribution in [0.1, 0.15) is 57.7 Å². The van der Waals surface area contributed by atoms with Gasteiger partial charge in [0.05, 0.1) is 6.33 Å². The molecule has 0 bridgehead atoms. The highest BCUT2D eigenvalue weighted by Crippen LogP contribution is 2.26. The van der Waals surface area contributed by atoms with Crippen molar-refractivity contribution in [1.82, 2.24) is 24.8 Å². The highest BCUT2D eigenvalue weighted by Gasteiger charge is 2.15. The van der Waals surface area contributed by atoms with Crippen LogP contribution >= 0.6 is 0 Å². The minimum Gasteiger partial charge on any atom is -0.364 e. The minimum atomic E-state index is 0.258. The van der Waals surface area contributed by atoms with E-state index in [0.29, 0.717) is 25.0 Å². The van der Waals surface area contributed by atoms with E-state index in [-0.39, 0.29) is 6.04 Å².